The summed E-state index contributed by atoms with van der Waals surface area (Å²) in [6, 6.07) is 4.32. The monoisotopic (exact) mass is 293 g/mol. The van der Waals surface area contributed by atoms with Crippen molar-refractivity contribution >= 4 is 0 Å². The lowest BCUT2D eigenvalue weighted by atomic mass is 10.2. The lowest BCUT2D eigenvalue weighted by Gasteiger charge is -2.23. The van der Waals surface area contributed by atoms with Crippen LogP contribution in [0.3, 0.4) is 0 Å². The van der Waals surface area contributed by atoms with E-state index in [9.17, 15) is 0 Å². The van der Waals surface area contributed by atoms with Crippen LogP contribution in [0.5, 0.6) is 0 Å². The Labute approximate surface area is 129 Å². The fourth-order valence-electron chi connectivity index (χ4n) is 2.26. The normalized spacial score (nSPS) is 11.5. The second-order valence-corrected chi connectivity index (χ2v) is 5.96. The molecule has 0 unspecified atom stereocenters. The van der Waals surface area contributed by atoms with Gasteiger partial charge in [-0.2, -0.15) is 0 Å². The van der Waals surface area contributed by atoms with E-state index in [2.05, 4.69) is 48.1 Å². The van der Waals surface area contributed by atoms with Gasteiger partial charge in [0.2, 0.25) is 0 Å². The summed E-state index contributed by atoms with van der Waals surface area (Å²) in [5.41, 5.74) is 2.38. The van der Waals surface area contributed by atoms with Crippen molar-refractivity contribution in [2.24, 2.45) is 5.92 Å². The van der Waals surface area contributed by atoms with E-state index in [1.165, 1.54) is 5.56 Å². The van der Waals surface area contributed by atoms with E-state index in [-0.39, 0.29) is 0 Å². The Morgan fingerprint density at radius 2 is 2.14 bits per heavy atom. The zero-order valence-electron chi connectivity index (χ0n) is 14.1. The summed E-state index contributed by atoms with van der Waals surface area (Å²) in [4.78, 5) is 7.00. The lowest BCUT2D eigenvalue weighted by Crippen LogP contribution is -2.31. The molecular formula is C17H31N3O. The van der Waals surface area contributed by atoms with Crippen LogP contribution >= 0.6 is 0 Å². The predicted molar refractivity (Wildman–Crippen MR) is 88.2 cm³/mol. The maximum atomic E-state index is 5.20. The van der Waals surface area contributed by atoms with E-state index in [1.54, 1.807) is 7.11 Å². The molecule has 1 aromatic rings. The van der Waals surface area contributed by atoms with Crippen molar-refractivity contribution in [3.63, 3.8) is 0 Å². The molecule has 0 aliphatic carbocycles. The second-order valence-electron chi connectivity index (χ2n) is 5.96. The molecule has 1 N–H and O–H groups in total. The topological polar surface area (TPSA) is 37.4 Å². The van der Waals surface area contributed by atoms with Crippen molar-refractivity contribution in [1.29, 1.82) is 0 Å². The average molecular weight is 293 g/mol. The largest absolute Gasteiger partial charge is 0.383 e. The van der Waals surface area contributed by atoms with Crippen LogP contribution < -0.4 is 5.32 Å². The van der Waals surface area contributed by atoms with Crippen LogP contribution in [-0.2, 0) is 17.8 Å². The number of pyridine rings is 1. The van der Waals surface area contributed by atoms with Gasteiger partial charge in [-0.3, -0.25) is 9.88 Å². The van der Waals surface area contributed by atoms with Gasteiger partial charge >= 0.3 is 0 Å². The third kappa shape index (κ3) is 8.15. The molecule has 0 aromatic carbocycles. The Bertz CT molecular complexity index is 365. The number of nitrogens with one attached hydrogen (secondary N) is 1. The standard InChI is InChI=1S/C17H31N3O/c1-5-8-18-11-16-6-7-17(19-12-16)14-20(9-10-21-4)13-15(2)3/h6-7,12,15,18H,5,8-11,13-14H2,1-4H3. The van der Waals surface area contributed by atoms with Crippen molar-refractivity contribution < 1.29 is 4.74 Å². The van der Waals surface area contributed by atoms with E-state index < -0.39 is 0 Å². The average Bonchev–Trinajstić information content (AvgIpc) is 2.46. The molecule has 4 nitrogen and oxygen atoms in total. The van der Waals surface area contributed by atoms with Gasteiger partial charge in [-0.1, -0.05) is 26.8 Å². The summed E-state index contributed by atoms with van der Waals surface area (Å²) in [7, 11) is 1.75. The van der Waals surface area contributed by atoms with Crippen molar-refractivity contribution in [2.75, 3.05) is 33.4 Å². The zero-order chi connectivity index (χ0) is 15.5. The number of aromatic nitrogens is 1. The molecule has 0 aliphatic heterocycles. The Morgan fingerprint density at radius 1 is 1.33 bits per heavy atom. The molecule has 21 heavy (non-hydrogen) atoms. The molecule has 4 heteroatoms. The molecule has 0 spiro atoms. The van der Waals surface area contributed by atoms with Crippen LogP contribution in [0.2, 0.25) is 0 Å². The third-order valence-corrected chi connectivity index (χ3v) is 3.26. The number of rotatable bonds is 11. The Hall–Kier alpha value is -0.970. The van der Waals surface area contributed by atoms with E-state index in [1.807, 2.05) is 6.20 Å². The highest BCUT2D eigenvalue weighted by molar-refractivity contribution is 5.14. The van der Waals surface area contributed by atoms with Crippen molar-refractivity contribution in [2.45, 2.75) is 40.3 Å². The molecule has 1 heterocycles. The van der Waals surface area contributed by atoms with E-state index in [4.69, 9.17) is 4.74 Å². The molecule has 1 rings (SSSR count). The zero-order valence-corrected chi connectivity index (χ0v) is 14.1. The minimum Gasteiger partial charge on any atom is -0.383 e. The predicted octanol–water partition coefficient (Wildman–Crippen LogP) is 2.69. The number of ether oxygens (including phenoxy) is 1. The van der Waals surface area contributed by atoms with Crippen LogP contribution in [0.1, 0.15) is 38.4 Å². The Morgan fingerprint density at radius 3 is 2.71 bits per heavy atom. The number of hydrogen-bond donors (Lipinski definition) is 1. The van der Waals surface area contributed by atoms with Gasteiger partial charge in [-0.15, -0.1) is 0 Å². The molecule has 0 radical (unpaired) electrons. The molecule has 0 saturated heterocycles. The van der Waals surface area contributed by atoms with Crippen LogP contribution in [-0.4, -0.2) is 43.2 Å². The first-order chi connectivity index (χ1) is 10.2. The third-order valence-electron chi connectivity index (χ3n) is 3.26. The first kappa shape index (κ1) is 18.1. The molecule has 0 fully saturated rings. The molecule has 1 aromatic heterocycles. The quantitative estimate of drug-likeness (QED) is 0.637. The molecule has 0 bridgehead atoms. The van der Waals surface area contributed by atoms with Crippen molar-refractivity contribution in [3.8, 4) is 0 Å². The van der Waals surface area contributed by atoms with Gasteiger partial charge in [0.05, 0.1) is 12.3 Å². The van der Waals surface area contributed by atoms with Gasteiger partial charge in [-0.05, 0) is 30.5 Å². The summed E-state index contributed by atoms with van der Waals surface area (Å²) in [5.74, 6) is 0.652. The first-order valence-corrected chi connectivity index (χ1v) is 8.01. The highest BCUT2D eigenvalue weighted by atomic mass is 16.5. The summed E-state index contributed by atoms with van der Waals surface area (Å²) < 4.78 is 5.20. The van der Waals surface area contributed by atoms with Gasteiger partial charge in [0.1, 0.15) is 0 Å². The van der Waals surface area contributed by atoms with Crippen LogP contribution in [0.4, 0.5) is 0 Å². The fraction of sp³-hybridized carbons (Fsp3) is 0.706. The number of hydrogen-bond acceptors (Lipinski definition) is 4. The van der Waals surface area contributed by atoms with Gasteiger partial charge in [0.25, 0.3) is 0 Å². The first-order valence-electron chi connectivity index (χ1n) is 8.01. The molecule has 0 amide bonds. The van der Waals surface area contributed by atoms with Crippen LogP contribution in [0.25, 0.3) is 0 Å². The van der Waals surface area contributed by atoms with E-state index in [0.717, 1.165) is 51.4 Å². The minimum absolute atomic E-state index is 0.652. The smallest absolute Gasteiger partial charge is 0.0589 e. The van der Waals surface area contributed by atoms with Gasteiger partial charge < -0.3 is 10.1 Å². The van der Waals surface area contributed by atoms with Crippen molar-refractivity contribution in [3.05, 3.63) is 29.6 Å². The summed E-state index contributed by atoms with van der Waals surface area (Å²) in [6.07, 6.45) is 3.15. The highest BCUT2D eigenvalue weighted by Gasteiger charge is 2.09. The van der Waals surface area contributed by atoms with Gasteiger partial charge in [0.15, 0.2) is 0 Å². The lowest BCUT2D eigenvalue weighted by molar-refractivity contribution is 0.135. The maximum Gasteiger partial charge on any atom is 0.0589 e. The van der Waals surface area contributed by atoms with Gasteiger partial charge in [0, 0.05) is 39.5 Å². The van der Waals surface area contributed by atoms with Crippen molar-refractivity contribution in [1.82, 2.24) is 15.2 Å². The van der Waals surface area contributed by atoms with Gasteiger partial charge in [-0.25, -0.2) is 0 Å². The summed E-state index contributed by atoms with van der Waals surface area (Å²) in [5, 5.41) is 3.40. The molecule has 120 valence electrons. The Balaban J connectivity index is 2.50. The SMILES string of the molecule is CCCNCc1ccc(CN(CCOC)CC(C)C)nc1. The van der Waals surface area contributed by atoms with Crippen LogP contribution in [0.15, 0.2) is 18.3 Å². The molecule has 0 atom stereocenters. The summed E-state index contributed by atoms with van der Waals surface area (Å²) in [6.45, 7) is 12.3. The van der Waals surface area contributed by atoms with E-state index in [0.29, 0.717) is 5.92 Å². The van der Waals surface area contributed by atoms with E-state index >= 15 is 0 Å². The second kappa shape index (κ2) is 10.7. The fourth-order valence-corrected chi connectivity index (χ4v) is 2.26. The highest BCUT2D eigenvalue weighted by Crippen LogP contribution is 2.07. The molecule has 0 aliphatic rings. The number of nitrogens with zero attached hydrogens (tertiary/aromatic N) is 2. The summed E-state index contributed by atoms with van der Waals surface area (Å²) >= 11 is 0. The molecular weight excluding hydrogens is 262 g/mol. The Kier molecular flexibility index (Phi) is 9.22. The maximum absolute atomic E-state index is 5.20. The number of methoxy groups -OCH3 is 1. The van der Waals surface area contributed by atoms with Crippen LogP contribution in [0, 0.1) is 5.92 Å². The minimum atomic E-state index is 0.652. The molecule has 0 saturated carbocycles.